The van der Waals surface area contributed by atoms with Crippen molar-refractivity contribution in [1.82, 2.24) is 15.1 Å². The second-order valence-corrected chi connectivity index (χ2v) is 5.95. The summed E-state index contributed by atoms with van der Waals surface area (Å²) in [5.41, 5.74) is 2.25. The van der Waals surface area contributed by atoms with Gasteiger partial charge in [-0.05, 0) is 48.2 Å². The number of aromatic nitrogens is 2. The highest BCUT2D eigenvalue weighted by Gasteiger charge is 2.26. The summed E-state index contributed by atoms with van der Waals surface area (Å²) in [4.78, 5) is 0. The standard InChI is InChI=1S/C11H17BrClN3/c1-7-11(12)10(16(2)15-7)6-14-5-8-3-9(13)4-8/h8-9,14H,3-6H2,1-2H3. The van der Waals surface area contributed by atoms with Crippen LogP contribution in [0.4, 0.5) is 0 Å². The Morgan fingerprint density at radius 1 is 1.56 bits per heavy atom. The molecule has 2 rings (SSSR count). The maximum absolute atomic E-state index is 5.94. The van der Waals surface area contributed by atoms with Crippen LogP contribution in [0.5, 0.6) is 0 Å². The van der Waals surface area contributed by atoms with Gasteiger partial charge in [0.1, 0.15) is 0 Å². The van der Waals surface area contributed by atoms with Crippen molar-refractivity contribution in [3.63, 3.8) is 0 Å². The summed E-state index contributed by atoms with van der Waals surface area (Å²) in [6.45, 7) is 3.93. The Kier molecular flexibility index (Phi) is 3.93. The van der Waals surface area contributed by atoms with Crippen LogP contribution in [-0.4, -0.2) is 21.7 Å². The maximum Gasteiger partial charge on any atom is 0.0739 e. The Balaban J connectivity index is 1.81. The first-order valence-corrected chi connectivity index (χ1v) is 6.83. The molecule has 1 aliphatic rings. The number of alkyl halides is 1. The quantitative estimate of drug-likeness (QED) is 0.867. The zero-order chi connectivity index (χ0) is 11.7. The summed E-state index contributed by atoms with van der Waals surface area (Å²) in [6, 6.07) is 0. The number of hydrogen-bond acceptors (Lipinski definition) is 2. The highest BCUT2D eigenvalue weighted by molar-refractivity contribution is 9.10. The molecule has 0 bridgehead atoms. The van der Waals surface area contributed by atoms with E-state index in [0.717, 1.165) is 42.0 Å². The smallest absolute Gasteiger partial charge is 0.0739 e. The van der Waals surface area contributed by atoms with Crippen molar-refractivity contribution in [3.05, 3.63) is 15.9 Å². The Bertz CT molecular complexity index is 372. The van der Waals surface area contributed by atoms with Gasteiger partial charge in [-0.1, -0.05) is 0 Å². The molecule has 1 heterocycles. The maximum atomic E-state index is 5.94. The molecule has 0 atom stereocenters. The lowest BCUT2D eigenvalue weighted by Gasteiger charge is -2.30. The Morgan fingerprint density at radius 3 is 2.75 bits per heavy atom. The number of nitrogens with one attached hydrogen (secondary N) is 1. The molecule has 90 valence electrons. The van der Waals surface area contributed by atoms with Crippen molar-refractivity contribution in [3.8, 4) is 0 Å². The predicted molar refractivity (Wildman–Crippen MR) is 69.7 cm³/mol. The lowest BCUT2D eigenvalue weighted by atomic mass is 9.85. The van der Waals surface area contributed by atoms with E-state index in [-0.39, 0.29) is 0 Å². The molecule has 1 saturated carbocycles. The SMILES string of the molecule is Cc1nn(C)c(CNCC2CC(Cl)C2)c1Br. The molecule has 1 fully saturated rings. The van der Waals surface area contributed by atoms with Crippen molar-refractivity contribution in [2.45, 2.75) is 31.7 Å². The van der Waals surface area contributed by atoms with Crippen molar-refractivity contribution >= 4 is 27.5 Å². The van der Waals surface area contributed by atoms with Crippen LogP contribution in [0.15, 0.2) is 4.47 Å². The lowest BCUT2D eigenvalue weighted by molar-refractivity contribution is 0.307. The van der Waals surface area contributed by atoms with E-state index in [1.165, 1.54) is 5.69 Å². The fourth-order valence-electron chi connectivity index (χ4n) is 2.09. The van der Waals surface area contributed by atoms with E-state index in [1.807, 2.05) is 18.7 Å². The molecule has 1 aliphatic carbocycles. The molecule has 0 saturated heterocycles. The first-order valence-electron chi connectivity index (χ1n) is 5.60. The predicted octanol–water partition coefficient (Wildman–Crippen LogP) is 2.60. The van der Waals surface area contributed by atoms with Crippen molar-refractivity contribution < 1.29 is 0 Å². The minimum absolute atomic E-state index is 0.414. The van der Waals surface area contributed by atoms with E-state index in [4.69, 9.17) is 11.6 Å². The van der Waals surface area contributed by atoms with Crippen LogP contribution >= 0.6 is 27.5 Å². The molecular weight excluding hydrogens is 289 g/mol. The molecule has 1 aromatic heterocycles. The summed E-state index contributed by atoms with van der Waals surface area (Å²) >= 11 is 9.51. The fraction of sp³-hybridized carbons (Fsp3) is 0.727. The third-order valence-corrected chi connectivity index (χ3v) is 4.55. The summed E-state index contributed by atoms with van der Waals surface area (Å²) in [7, 11) is 1.98. The van der Waals surface area contributed by atoms with Crippen LogP contribution in [-0.2, 0) is 13.6 Å². The van der Waals surface area contributed by atoms with Gasteiger partial charge in [0, 0.05) is 19.0 Å². The normalized spacial score (nSPS) is 24.5. The largest absolute Gasteiger partial charge is 0.311 e. The molecular formula is C11H17BrClN3. The summed E-state index contributed by atoms with van der Waals surface area (Å²) in [5.74, 6) is 0.760. The van der Waals surface area contributed by atoms with Crippen LogP contribution in [0.25, 0.3) is 0 Å². The van der Waals surface area contributed by atoms with Crippen molar-refractivity contribution in [2.24, 2.45) is 13.0 Å². The minimum Gasteiger partial charge on any atom is -0.311 e. The molecule has 1 N–H and O–H groups in total. The highest BCUT2D eigenvalue weighted by Crippen LogP contribution is 2.31. The zero-order valence-electron chi connectivity index (χ0n) is 9.63. The number of nitrogens with zero attached hydrogens (tertiary/aromatic N) is 2. The zero-order valence-corrected chi connectivity index (χ0v) is 12.0. The molecule has 16 heavy (non-hydrogen) atoms. The summed E-state index contributed by atoms with van der Waals surface area (Å²) in [5, 5.41) is 8.25. The Morgan fingerprint density at radius 2 is 2.25 bits per heavy atom. The lowest BCUT2D eigenvalue weighted by Crippen LogP contribution is -2.33. The number of rotatable bonds is 4. The fourth-order valence-corrected chi connectivity index (χ4v) is 3.07. The third kappa shape index (κ3) is 2.60. The second kappa shape index (κ2) is 5.07. The molecule has 0 spiro atoms. The molecule has 1 aromatic rings. The van der Waals surface area contributed by atoms with Gasteiger partial charge in [0.2, 0.25) is 0 Å². The summed E-state index contributed by atoms with van der Waals surface area (Å²) < 4.78 is 3.05. The van der Waals surface area contributed by atoms with E-state index in [0.29, 0.717) is 5.38 Å². The second-order valence-electron chi connectivity index (χ2n) is 4.54. The monoisotopic (exact) mass is 305 g/mol. The first-order chi connectivity index (χ1) is 7.58. The van der Waals surface area contributed by atoms with Gasteiger partial charge in [0.25, 0.3) is 0 Å². The molecule has 0 aliphatic heterocycles. The van der Waals surface area contributed by atoms with Gasteiger partial charge < -0.3 is 5.32 Å². The van der Waals surface area contributed by atoms with E-state index in [9.17, 15) is 0 Å². The van der Waals surface area contributed by atoms with Gasteiger partial charge in [-0.15, -0.1) is 11.6 Å². The Hall–Kier alpha value is -0.0600. The number of aryl methyl sites for hydroxylation is 2. The first kappa shape index (κ1) is 12.4. The van der Waals surface area contributed by atoms with Crippen LogP contribution < -0.4 is 5.32 Å². The Labute approximate surface area is 110 Å². The van der Waals surface area contributed by atoms with Crippen LogP contribution in [0.3, 0.4) is 0 Å². The van der Waals surface area contributed by atoms with Crippen LogP contribution in [0.1, 0.15) is 24.2 Å². The van der Waals surface area contributed by atoms with E-state index in [1.54, 1.807) is 0 Å². The molecule has 5 heteroatoms. The number of halogens is 2. The van der Waals surface area contributed by atoms with Crippen molar-refractivity contribution in [1.29, 1.82) is 0 Å². The molecule has 0 aromatic carbocycles. The summed E-state index contributed by atoms with van der Waals surface area (Å²) in [6.07, 6.45) is 2.31. The van der Waals surface area contributed by atoms with Gasteiger partial charge in [-0.25, -0.2) is 0 Å². The van der Waals surface area contributed by atoms with Crippen LogP contribution in [0, 0.1) is 12.8 Å². The molecule has 0 amide bonds. The minimum atomic E-state index is 0.414. The van der Waals surface area contributed by atoms with Gasteiger partial charge in [-0.2, -0.15) is 5.10 Å². The number of hydrogen-bond donors (Lipinski definition) is 1. The van der Waals surface area contributed by atoms with E-state index in [2.05, 4.69) is 26.3 Å². The molecule has 0 unspecified atom stereocenters. The van der Waals surface area contributed by atoms with Gasteiger partial charge in [0.15, 0.2) is 0 Å². The van der Waals surface area contributed by atoms with Crippen LogP contribution in [0.2, 0.25) is 0 Å². The van der Waals surface area contributed by atoms with Gasteiger partial charge in [-0.3, -0.25) is 4.68 Å². The molecule has 3 nitrogen and oxygen atoms in total. The molecule has 0 radical (unpaired) electrons. The van der Waals surface area contributed by atoms with Gasteiger partial charge in [0.05, 0.1) is 15.9 Å². The van der Waals surface area contributed by atoms with E-state index < -0.39 is 0 Å². The average molecular weight is 307 g/mol. The average Bonchev–Trinajstić information content (AvgIpc) is 2.41. The van der Waals surface area contributed by atoms with Gasteiger partial charge >= 0.3 is 0 Å². The van der Waals surface area contributed by atoms with E-state index >= 15 is 0 Å². The highest BCUT2D eigenvalue weighted by atomic mass is 79.9. The topological polar surface area (TPSA) is 29.9 Å². The van der Waals surface area contributed by atoms with Crippen molar-refractivity contribution in [2.75, 3.05) is 6.54 Å². The third-order valence-electron chi connectivity index (χ3n) is 3.17.